The second-order valence-corrected chi connectivity index (χ2v) is 7.45. The molecule has 0 radical (unpaired) electrons. The van der Waals surface area contributed by atoms with Gasteiger partial charge in [0.1, 0.15) is 23.0 Å². The second kappa shape index (κ2) is 13.2. The number of methoxy groups -OCH3 is 4. The van der Waals surface area contributed by atoms with Crippen LogP contribution < -0.4 is 34.5 Å². The van der Waals surface area contributed by atoms with Crippen molar-refractivity contribution in [2.75, 3.05) is 53.0 Å². The highest BCUT2D eigenvalue weighted by molar-refractivity contribution is 14.0. The van der Waals surface area contributed by atoms with Gasteiger partial charge in [-0.25, -0.2) is 4.99 Å². The minimum Gasteiger partial charge on any atom is -0.496 e. The van der Waals surface area contributed by atoms with Crippen molar-refractivity contribution >= 4 is 35.6 Å². The summed E-state index contributed by atoms with van der Waals surface area (Å²) < 4.78 is 22.0. The van der Waals surface area contributed by atoms with Crippen LogP contribution in [-0.2, 0) is 6.54 Å². The number of guanidine groups is 1. The molecule has 8 nitrogen and oxygen atoms in total. The summed E-state index contributed by atoms with van der Waals surface area (Å²) in [5, 5.41) is 6.92. The molecule has 33 heavy (non-hydrogen) atoms. The van der Waals surface area contributed by atoms with E-state index in [1.54, 1.807) is 28.4 Å². The Labute approximate surface area is 213 Å². The lowest BCUT2D eigenvalue weighted by Gasteiger charge is -2.22. The van der Waals surface area contributed by atoms with Crippen LogP contribution in [0.3, 0.4) is 0 Å². The van der Waals surface area contributed by atoms with E-state index in [9.17, 15) is 0 Å². The Morgan fingerprint density at radius 1 is 1.00 bits per heavy atom. The number of rotatable bonds is 9. The van der Waals surface area contributed by atoms with Crippen LogP contribution in [0.5, 0.6) is 23.0 Å². The van der Waals surface area contributed by atoms with Crippen LogP contribution in [0.25, 0.3) is 0 Å². The van der Waals surface area contributed by atoms with Crippen molar-refractivity contribution in [2.24, 2.45) is 4.99 Å². The number of hydrogen-bond donors (Lipinski definition) is 2. The molecule has 0 amide bonds. The smallest absolute Gasteiger partial charge is 0.191 e. The van der Waals surface area contributed by atoms with Gasteiger partial charge in [-0.3, -0.25) is 0 Å². The van der Waals surface area contributed by atoms with Gasteiger partial charge in [-0.15, -0.1) is 24.0 Å². The maximum Gasteiger partial charge on any atom is 0.191 e. The van der Waals surface area contributed by atoms with Crippen molar-refractivity contribution in [1.82, 2.24) is 10.6 Å². The lowest BCUT2D eigenvalue weighted by atomic mass is 10.1. The predicted octanol–water partition coefficient (Wildman–Crippen LogP) is 3.67. The quantitative estimate of drug-likeness (QED) is 0.271. The molecule has 1 atom stereocenters. The Hall–Kier alpha value is -2.56. The molecule has 1 heterocycles. The molecule has 1 aliphatic heterocycles. The summed E-state index contributed by atoms with van der Waals surface area (Å²) in [5.74, 6) is 3.71. The Morgan fingerprint density at radius 3 is 2.27 bits per heavy atom. The molecule has 0 bridgehead atoms. The molecular formula is C24H35IN4O4. The molecule has 0 saturated carbocycles. The van der Waals surface area contributed by atoms with E-state index < -0.39 is 0 Å². The fourth-order valence-corrected chi connectivity index (χ4v) is 3.89. The van der Waals surface area contributed by atoms with Crippen LogP contribution in [0.4, 0.5) is 5.69 Å². The first kappa shape index (κ1) is 26.7. The zero-order valence-electron chi connectivity index (χ0n) is 20.0. The molecule has 1 unspecified atom stereocenters. The summed E-state index contributed by atoms with van der Waals surface area (Å²) in [7, 11) is 6.60. The van der Waals surface area contributed by atoms with Gasteiger partial charge >= 0.3 is 0 Å². The maximum absolute atomic E-state index is 5.55. The highest BCUT2D eigenvalue weighted by atomic mass is 127. The lowest BCUT2D eigenvalue weighted by Crippen LogP contribution is -2.44. The molecule has 2 N–H and O–H groups in total. The first-order valence-corrected chi connectivity index (χ1v) is 10.8. The van der Waals surface area contributed by atoms with Crippen LogP contribution in [0, 0.1) is 0 Å². The van der Waals surface area contributed by atoms with E-state index >= 15 is 0 Å². The van der Waals surface area contributed by atoms with Crippen LogP contribution >= 0.6 is 24.0 Å². The third-order valence-corrected chi connectivity index (χ3v) is 5.51. The van der Waals surface area contributed by atoms with Gasteiger partial charge in [-0.2, -0.15) is 0 Å². The van der Waals surface area contributed by atoms with Gasteiger partial charge < -0.3 is 34.5 Å². The Bertz CT molecular complexity index is 900. The van der Waals surface area contributed by atoms with Crippen molar-refractivity contribution in [1.29, 1.82) is 0 Å². The molecule has 1 aliphatic rings. The molecule has 2 aromatic rings. The van der Waals surface area contributed by atoms with Crippen molar-refractivity contribution in [3.05, 3.63) is 42.0 Å². The van der Waals surface area contributed by atoms with Gasteiger partial charge in [0.2, 0.25) is 0 Å². The Morgan fingerprint density at radius 2 is 1.67 bits per heavy atom. The van der Waals surface area contributed by atoms with Crippen molar-refractivity contribution in [3.63, 3.8) is 0 Å². The number of para-hydroxylation sites is 2. The van der Waals surface area contributed by atoms with E-state index in [2.05, 4.69) is 28.5 Å². The highest BCUT2D eigenvalue weighted by Crippen LogP contribution is 2.34. The van der Waals surface area contributed by atoms with Crippen LogP contribution in [0.1, 0.15) is 18.9 Å². The molecule has 1 saturated heterocycles. The van der Waals surface area contributed by atoms with E-state index in [0.717, 1.165) is 49.0 Å². The minimum atomic E-state index is 0. The first-order valence-electron chi connectivity index (χ1n) is 10.8. The summed E-state index contributed by atoms with van der Waals surface area (Å²) in [5.41, 5.74) is 1.99. The van der Waals surface area contributed by atoms with Crippen molar-refractivity contribution in [2.45, 2.75) is 25.9 Å². The van der Waals surface area contributed by atoms with E-state index in [1.165, 1.54) is 0 Å². The molecule has 182 valence electrons. The van der Waals surface area contributed by atoms with Gasteiger partial charge in [0, 0.05) is 37.8 Å². The van der Waals surface area contributed by atoms with Gasteiger partial charge in [0.15, 0.2) is 5.96 Å². The molecule has 2 aromatic carbocycles. The number of halogens is 1. The molecule has 3 rings (SSSR count). The average Bonchev–Trinajstić information content (AvgIpc) is 3.30. The van der Waals surface area contributed by atoms with Gasteiger partial charge in [-0.05, 0) is 25.5 Å². The van der Waals surface area contributed by atoms with Crippen molar-refractivity contribution < 1.29 is 18.9 Å². The van der Waals surface area contributed by atoms with Crippen LogP contribution in [-0.4, -0.2) is 60.1 Å². The SMILES string of the molecule is CCNC(=NCc1c(OC)cc(OC)cc1OC)NC1CCN(c2ccccc2OC)C1.I. The van der Waals surface area contributed by atoms with E-state index in [4.69, 9.17) is 23.9 Å². The Kier molecular flexibility index (Phi) is 10.7. The zero-order valence-corrected chi connectivity index (χ0v) is 22.3. The number of ether oxygens (including phenoxy) is 4. The molecule has 0 aliphatic carbocycles. The molecule has 0 spiro atoms. The molecule has 9 heteroatoms. The van der Waals surface area contributed by atoms with Gasteiger partial charge in [0.25, 0.3) is 0 Å². The molecular weight excluding hydrogens is 535 g/mol. The normalized spacial score (nSPS) is 15.5. The number of anilines is 1. The topological polar surface area (TPSA) is 76.6 Å². The largest absolute Gasteiger partial charge is 0.496 e. The van der Waals surface area contributed by atoms with E-state index in [-0.39, 0.29) is 30.0 Å². The predicted molar refractivity (Wildman–Crippen MR) is 143 cm³/mol. The number of benzene rings is 2. The monoisotopic (exact) mass is 570 g/mol. The van der Waals surface area contributed by atoms with Crippen molar-refractivity contribution in [3.8, 4) is 23.0 Å². The third kappa shape index (κ3) is 6.72. The number of nitrogens with one attached hydrogen (secondary N) is 2. The fraction of sp³-hybridized carbons (Fsp3) is 0.458. The van der Waals surface area contributed by atoms with E-state index in [0.29, 0.717) is 23.8 Å². The number of aliphatic imine (C=N–C) groups is 1. The number of hydrogen-bond acceptors (Lipinski definition) is 6. The Balaban J connectivity index is 0.00000385. The minimum absolute atomic E-state index is 0. The van der Waals surface area contributed by atoms with E-state index in [1.807, 2.05) is 30.3 Å². The second-order valence-electron chi connectivity index (χ2n) is 7.45. The highest BCUT2D eigenvalue weighted by Gasteiger charge is 2.25. The summed E-state index contributed by atoms with van der Waals surface area (Å²) in [6.45, 7) is 5.07. The molecule has 1 fully saturated rings. The summed E-state index contributed by atoms with van der Waals surface area (Å²) in [6.07, 6.45) is 1.01. The standard InChI is InChI=1S/C24H34N4O4.HI/c1-6-25-24(26-15-19-22(31-4)13-18(29-2)14-23(19)32-5)27-17-11-12-28(16-17)20-9-7-8-10-21(20)30-3;/h7-10,13-14,17H,6,11-12,15-16H2,1-5H3,(H2,25,26,27);1H. The number of nitrogens with zero attached hydrogens (tertiary/aromatic N) is 2. The van der Waals surface area contributed by atoms with Crippen LogP contribution in [0.2, 0.25) is 0 Å². The summed E-state index contributed by atoms with van der Waals surface area (Å²) >= 11 is 0. The third-order valence-electron chi connectivity index (χ3n) is 5.51. The molecule has 0 aromatic heterocycles. The summed E-state index contributed by atoms with van der Waals surface area (Å²) in [6, 6.07) is 12.1. The van der Waals surface area contributed by atoms with Gasteiger partial charge in [0.05, 0.1) is 46.2 Å². The fourth-order valence-electron chi connectivity index (χ4n) is 3.89. The van der Waals surface area contributed by atoms with Gasteiger partial charge in [-0.1, -0.05) is 12.1 Å². The summed E-state index contributed by atoms with van der Waals surface area (Å²) in [4.78, 5) is 7.14. The first-order chi connectivity index (χ1) is 15.6. The zero-order chi connectivity index (χ0) is 22.9. The lowest BCUT2D eigenvalue weighted by molar-refractivity contribution is 0.369. The van der Waals surface area contributed by atoms with Crippen LogP contribution in [0.15, 0.2) is 41.4 Å². The maximum atomic E-state index is 5.55. The average molecular weight is 570 g/mol.